The highest BCUT2D eigenvalue weighted by Crippen LogP contribution is 2.38. The van der Waals surface area contributed by atoms with Gasteiger partial charge in [-0.3, -0.25) is 0 Å². The number of hydrogen-bond donors (Lipinski definition) is 0. The highest BCUT2D eigenvalue weighted by atomic mass is 16.5. The maximum absolute atomic E-state index is 5.35. The minimum Gasteiger partial charge on any atom is -0.324 e. The molecule has 4 nitrogen and oxygen atoms in total. The molecule has 2 aliphatic rings. The fourth-order valence-corrected chi connectivity index (χ4v) is 2.88. The molecule has 3 rings (SSSR count). The van der Waals surface area contributed by atoms with Gasteiger partial charge in [-0.2, -0.15) is 4.98 Å². The second-order valence-corrected chi connectivity index (χ2v) is 5.85. The zero-order valence-corrected chi connectivity index (χ0v) is 11.3. The summed E-state index contributed by atoms with van der Waals surface area (Å²) in [7, 11) is 0. The van der Waals surface area contributed by atoms with Gasteiger partial charge in [-0.15, -0.1) is 0 Å². The Hall–Kier alpha value is -1.06. The molecule has 1 saturated carbocycles. The van der Waals surface area contributed by atoms with Crippen LogP contribution < -0.4 is 4.90 Å². The lowest BCUT2D eigenvalue weighted by atomic mass is 9.92. The molecule has 4 heteroatoms. The molecule has 0 aromatic carbocycles. The third kappa shape index (κ3) is 2.85. The number of hydrogen-bond acceptors (Lipinski definition) is 4. The zero-order chi connectivity index (χ0) is 12.4. The molecule has 2 fully saturated rings. The number of nitrogens with zero attached hydrogens (tertiary/aromatic N) is 3. The summed E-state index contributed by atoms with van der Waals surface area (Å²) in [5, 5.41) is 4.03. The SMILES string of the molecule is CCCc1noc(N2CCC(CC3CC3)CC2)n1. The van der Waals surface area contributed by atoms with E-state index in [9.17, 15) is 0 Å². The lowest BCUT2D eigenvalue weighted by Crippen LogP contribution is -2.34. The topological polar surface area (TPSA) is 42.2 Å². The molecular weight excluding hydrogens is 226 g/mol. The maximum atomic E-state index is 5.35. The van der Waals surface area contributed by atoms with Crippen molar-refractivity contribution in [2.45, 2.75) is 51.9 Å². The smallest absolute Gasteiger partial charge is 0.324 e. The fraction of sp³-hybridized carbons (Fsp3) is 0.857. The fourth-order valence-electron chi connectivity index (χ4n) is 2.88. The summed E-state index contributed by atoms with van der Waals surface area (Å²) < 4.78 is 5.35. The maximum Gasteiger partial charge on any atom is 0.324 e. The van der Waals surface area contributed by atoms with Gasteiger partial charge in [0.2, 0.25) is 0 Å². The van der Waals surface area contributed by atoms with Crippen LogP contribution in [0.4, 0.5) is 6.01 Å². The monoisotopic (exact) mass is 249 g/mol. The van der Waals surface area contributed by atoms with Gasteiger partial charge >= 0.3 is 6.01 Å². The molecule has 0 unspecified atom stereocenters. The molecule has 1 aliphatic heterocycles. The second-order valence-electron chi connectivity index (χ2n) is 5.85. The van der Waals surface area contributed by atoms with Crippen LogP contribution in [0, 0.1) is 11.8 Å². The van der Waals surface area contributed by atoms with E-state index in [1.165, 1.54) is 32.1 Å². The number of rotatable bonds is 5. The summed E-state index contributed by atoms with van der Waals surface area (Å²) in [5.74, 6) is 2.85. The van der Waals surface area contributed by atoms with Crippen LogP contribution in [0.15, 0.2) is 4.52 Å². The van der Waals surface area contributed by atoms with Crippen molar-refractivity contribution < 1.29 is 4.52 Å². The summed E-state index contributed by atoms with van der Waals surface area (Å²) in [5.41, 5.74) is 0. The molecular formula is C14H23N3O. The molecule has 1 aromatic rings. The standard InChI is InChI=1S/C14H23N3O/c1-2-3-13-15-14(18-16-13)17-8-6-12(7-9-17)10-11-4-5-11/h11-12H,2-10H2,1H3. The number of aromatic nitrogens is 2. The van der Waals surface area contributed by atoms with E-state index < -0.39 is 0 Å². The van der Waals surface area contributed by atoms with E-state index in [-0.39, 0.29) is 0 Å². The van der Waals surface area contributed by atoms with E-state index in [1.54, 1.807) is 0 Å². The molecule has 0 amide bonds. The van der Waals surface area contributed by atoms with Gasteiger partial charge in [0.25, 0.3) is 0 Å². The van der Waals surface area contributed by atoms with Crippen molar-refractivity contribution in [3.05, 3.63) is 5.82 Å². The van der Waals surface area contributed by atoms with Crippen molar-refractivity contribution in [3.8, 4) is 0 Å². The third-order valence-corrected chi connectivity index (χ3v) is 4.18. The lowest BCUT2D eigenvalue weighted by Gasteiger charge is -2.30. The molecule has 0 N–H and O–H groups in total. The van der Waals surface area contributed by atoms with Gasteiger partial charge in [-0.25, -0.2) is 0 Å². The molecule has 0 radical (unpaired) electrons. The van der Waals surface area contributed by atoms with Crippen molar-refractivity contribution >= 4 is 6.01 Å². The van der Waals surface area contributed by atoms with E-state index >= 15 is 0 Å². The molecule has 1 aromatic heterocycles. The summed E-state index contributed by atoms with van der Waals surface area (Å²) in [6.45, 7) is 4.32. The van der Waals surface area contributed by atoms with Gasteiger partial charge in [0.05, 0.1) is 0 Å². The molecule has 2 heterocycles. The summed E-state index contributed by atoms with van der Waals surface area (Å²) in [6.07, 6.45) is 8.99. The third-order valence-electron chi connectivity index (χ3n) is 4.18. The first-order valence-electron chi connectivity index (χ1n) is 7.42. The van der Waals surface area contributed by atoms with Gasteiger partial charge in [0, 0.05) is 19.5 Å². The number of anilines is 1. The predicted molar refractivity (Wildman–Crippen MR) is 70.6 cm³/mol. The Morgan fingerprint density at radius 1 is 1.17 bits per heavy atom. The molecule has 0 spiro atoms. The summed E-state index contributed by atoms with van der Waals surface area (Å²) >= 11 is 0. The van der Waals surface area contributed by atoms with Crippen LogP contribution in [0.5, 0.6) is 0 Å². The van der Waals surface area contributed by atoms with Crippen molar-refractivity contribution in [2.75, 3.05) is 18.0 Å². The minimum atomic E-state index is 0.739. The van der Waals surface area contributed by atoms with Gasteiger partial charge in [0.15, 0.2) is 5.82 Å². The summed E-state index contributed by atoms with van der Waals surface area (Å²) in [4.78, 5) is 6.73. The molecule has 1 aliphatic carbocycles. The van der Waals surface area contributed by atoms with Crippen molar-refractivity contribution in [3.63, 3.8) is 0 Å². The average Bonchev–Trinajstić information content (AvgIpc) is 3.07. The Morgan fingerprint density at radius 2 is 1.89 bits per heavy atom. The quantitative estimate of drug-likeness (QED) is 0.804. The van der Waals surface area contributed by atoms with Crippen molar-refractivity contribution in [1.29, 1.82) is 0 Å². The van der Waals surface area contributed by atoms with Crippen LogP contribution in [-0.2, 0) is 6.42 Å². The molecule has 0 atom stereocenters. The van der Waals surface area contributed by atoms with Crippen LogP contribution in [0.3, 0.4) is 0 Å². The lowest BCUT2D eigenvalue weighted by molar-refractivity contribution is 0.339. The Balaban J connectivity index is 1.51. The van der Waals surface area contributed by atoms with Crippen LogP contribution in [-0.4, -0.2) is 23.2 Å². The zero-order valence-electron chi connectivity index (χ0n) is 11.3. The molecule has 1 saturated heterocycles. The normalized spacial score (nSPS) is 21.5. The van der Waals surface area contributed by atoms with E-state index in [0.717, 1.165) is 49.6 Å². The van der Waals surface area contributed by atoms with Gasteiger partial charge in [0.1, 0.15) is 0 Å². The average molecular weight is 249 g/mol. The van der Waals surface area contributed by atoms with Crippen LogP contribution in [0.25, 0.3) is 0 Å². The van der Waals surface area contributed by atoms with Crippen molar-refractivity contribution in [1.82, 2.24) is 10.1 Å². The van der Waals surface area contributed by atoms with E-state index in [0.29, 0.717) is 0 Å². The van der Waals surface area contributed by atoms with Crippen LogP contribution in [0.1, 0.15) is 51.3 Å². The van der Waals surface area contributed by atoms with Crippen molar-refractivity contribution in [2.24, 2.45) is 11.8 Å². The first-order valence-corrected chi connectivity index (χ1v) is 7.42. The van der Waals surface area contributed by atoms with E-state index in [2.05, 4.69) is 22.0 Å². The minimum absolute atomic E-state index is 0.739. The first-order chi connectivity index (χ1) is 8.85. The van der Waals surface area contributed by atoms with Gasteiger partial charge in [-0.1, -0.05) is 24.9 Å². The Labute approximate surface area is 109 Å². The van der Waals surface area contributed by atoms with E-state index in [1.807, 2.05) is 0 Å². The van der Waals surface area contributed by atoms with Crippen LogP contribution in [0.2, 0.25) is 0 Å². The van der Waals surface area contributed by atoms with Gasteiger partial charge < -0.3 is 9.42 Å². The summed E-state index contributed by atoms with van der Waals surface area (Å²) in [6, 6.07) is 0.739. The molecule has 100 valence electrons. The Bertz CT molecular complexity index is 378. The Kier molecular flexibility index (Phi) is 3.52. The highest BCUT2D eigenvalue weighted by molar-refractivity contribution is 5.25. The number of aryl methyl sites for hydroxylation is 1. The van der Waals surface area contributed by atoms with Crippen LogP contribution >= 0.6 is 0 Å². The van der Waals surface area contributed by atoms with E-state index in [4.69, 9.17) is 4.52 Å². The highest BCUT2D eigenvalue weighted by Gasteiger charge is 2.29. The second kappa shape index (κ2) is 5.29. The van der Waals surface area contributed by atoms with Gasteiger partial charge in [-0.05, 0) is 37.5 Å². The number of piperidine rings is 1. The predicted octanol–water partition coefficient (Wildman–Crippen LogP) is 3.04. The Morgan fingerprint density at radius 3 is 2.56 bits per heavy atom. The molecule has 18 heavy (non-hydrogen) atoms. The molecule has 0 bridgehead atoms. The largest absolute Gasteiger partial charge is 0.324 e. The first kappa shape index (κ1) is 12.0.